The van der Waals surface area contributed by atoms with Crippen molar-refractivity contribution in [3.8, 4) is 5.75 Å². The van der Waals surface area contributed by atoms with Crippen molar-refractivity contribution in [2.24, 2.45) is 0 Å². The molecule has 20 heavy (non-hydrogen) atoms. The highest BCUT2D eigenvalue weighted by molar-refractivity contribution is 5.85. The Hall–Kier alpha value is -1.31. The van der Waals surface area contributed by atoms with Crippen LogP contribution in [0.4, 0.5) is 0 Å². The first kappa shape index (κ1) is 16.7. The Labute approximate surface area is 123 Å². The van der Waals surface area contributed by atoms with Crippen LogP contribution in [0.25, 0.3) is 0 Å². The van der Waals surface area contributed by atoms with Crippen LogP contribution in [0.1, 0.15) is 70.3 Å². The minimum Gasteiger partial charge on any atom is -0.497 e. The van der Waals surface area contributed by atoms with Gasteiger partial charge in [0.1, 0.15) is 11.5 Å². The number of carbonyl (C=O) groups is 1. The van der Waals surface area contributed by atoms with E-state index in [1.54, 1.807) is 7.11 Å². The zero-order chi connectivity index (χ0) is 14.8. The second kappa shape index (κ2) is 9.57. The molecule has 1 rings (SSSR count). The van der Waals surface area contributed by atoms with Gasteiger partial charge < -0.3 is 4.74 Å². The Morgan fingerprint density at radius 2 is 1.70 bits per heavy atom. The van der Waals surface area contributed by atoms with Gasteiger partial charge in [-0.25, -0.2) is 0 Å². The fourth-order valence-electron chi connectivity index (χ4n) is 2.48. The predicted octanol–water partition coefficient (Wildman–Crippen LogP) is 5.12. The van der Waals surface area contributed by atoms with Crippen molar-refractivity contribution in [1.82, 2.24) is 0 Å². The summed E-state index contributed by atoms with van der Waals surface area (Å²) in [4.78, 5) is 12.4. The average molecular weight is 276 g/mol. The van der Waals surface area contributed by atoms with Crippen molar-refractivity contribution in [3.63, 3.8) is 0 Å². The van der Waals surface area contributed by atoms with Crippen LogP contribution in [0.3, 0.4) is 0 Å². The highest BCUT2D eigenvalue weighted by atomic mass is 16.5. The molecule has 0 spiro atoms. The lowest BCUT2D eigenvalue weighted by atomic mass is 9.87. The maximum absolute atomic E-state index is 12.4. The topological polar surface area (TPSA) is 26.3 Å². The first-order valence-corrected chi connectivity index (χ1v) is 7.89. The van der Waals surface area contributed by atoms with E-state index in [1.807, 2.05) is 24.3 Å². The molecule has 1 aromatic carbocycles. The highest BCUT2D eigenvalue weighted by Crippen LogP contribution is 2.27. The molecule has 1 aromatic rings. The normalized spacial score (nSPS) is 12.2. The molecule has 0 bridgehead atoms. The molecular weight excluding hydrogens is 248 g/mol. The molecule has 0 aliphatic carbocycles. The summed E-state index contributed by atoms with van der Waals surface area (Å²) in [5, 5.41) is 0. The third-order valence-electron chi connectivity index (χ3n) is 3.78. The summed E-state index contributed by atoms with van der Waals surface area (Å²) in [7, 11) is 1.67. The van der Waals surface area contributed by atoms with Crippen molar-refractivity contribution in [2.45, 2.75) is 64.7 Å². The summed E-state index contributed by atoms with van der Waals surface area (Å²) in [6, 6.07) is 7.98. The molecular formula is C18H28O2. The maximum atomic E-state index is 12.4. The van der Waals surface area contributed by atoms with E-state index in [-0.39, 0.29) is 5.92 Å². The first-order valence-electron chi connectivity index (χ1n) is 7.89. The number of methoxy groups -OCH3 is 1. The molecule has 112 valence electrons. The molecule has 0 saturated heterocycles. The van der Waals surface area contributed by atoms with Crippen molar-refractivity contribution >= 4 is 5.78 Å². The summed E-state index contributed by atoms with van der Waals surface area (Å²) in [6.07, 6.45) is 7.26. The van der Waals surface area contributed by atoms with Gasteiger partial charge in [-0.1, -0.05) is 51.7 Å². The van der Waals surface area contributed by atoms with Gasteiger partial charge in [-0.15, -0.1) is 0 Å². The van der Waals surface area contributed by atoms with Gasteiger partial charge in [0.2, 0.25) is 0 Å². The van der Waals surface area contributed by atoms with Crippen LogP contribution >= 0.6 is 0 Å². The molecule has 2 nitrogen and oxygen atoms in total. The minimum absolute atomic E-state index is 0.0673. The van der Waals surface area contributed by atoms with Crippen molar-refractivity contribution in [2.75, 3.05) is 7.11 Å². The summed E-state index contributed by atoms with van der Waals surface area (Å²) >= 11 is 0. The number of benzene rings is 1. The Morgan fingerprint density at radius 1 is 1.05 bits per heavy atom. The fraction of sp³-hybridized carbons (Fsp3) is 0.611. The monoisotopic (exact) mass is 276 g/mol. The quantitative estimate of drug-likeness (QED) is 0.554. The van der Waals surface area contributed by atoms with E-state index >= 15 is 0 Å². The number of ketones is 1. The van der Waals surface area contributed by atoms with Crippen LogP contribution in [0.5, 0.6) is 5.75 Å². The van der Waals surface area contributed by atoms with Gasteiger partial charge in [0.25, 0.3) is 0 Å². The molecule has 1 unspecified atom stereocenters. The van der Waals surface area contributed by atoms with Crippen LogP contribution in [-0.4, -0.2) is 12.9 Å². The molecule has 0 heterocycles. The minimum atomic E-state index is 0.0673. The summed E-state index contributed by atoms with van der Waals surface area (Å²) in [6.45, 7) is 4.34. The summed E-state index contributed by atoms with van der Waals surface area (Å²) < 4.78 is 5.19. The Balaban J connectivity index is 2.73. The number of ether oxygens (including phenoxy) is 1. The number of Topliss-reactive ketones (excluding diaryl/α,β-unsaturated/α-hetero) is 1. The summed E-state index contributed by atoms with van der Waals surface area (Å²) in [5.74, 6) is 1.32. The van der Waals surface area contributed by atoms with Crippen molar-refractivity contribution in [1.29, 1.82) is 0 Å². The Morgan fingerprint density at radius 3 is 2.25 bits per heavy atom. The first-order chi connectivity index (χ1) is 9.72. The van der Waals surface area contributed by atoms with Crippen LogP contribution in [0.15, 0.2) is 24.3 Å². The van der Waals surface area contributed by atoms with E-state index in [4.69, 9.17) is 4.74 Å². The van der Waals surface area contributed by atoms with E-state index in [9.17, 15) is 4.79 Å². The smallest absolute Gasteiger partial charge is 0.140 e. The van der Waals surface area contributed by atoms with Gasteiger partial charge >= 0.3 is 0 Å². The zero-order valence-corrected chi connectivity index (χ0v) is 13.2. The van der Waals surface area contributed by atoms with Crippen LogP contribution in [-0.2, 0) is 4.79 Å². The van der Waals surface area contributed by atoms with Crippen molar-refractivity contribution in [3.05, 3.63) is 29.8 Å². The summed E-state index contributed by atoms with van der Waals surface area (Å²) in [5.41, 5.74) is 1.14. The lowest BCUT2D eigenvalue weighted by Crippen LogP contribution is -2.12. The lowest BCUT2D eigenvalue weighted by molar-refractivity contribution is -0.120. The predicted molar refractivity (Wildman–Crippen MR) is 84.4 cm³/mol. The van der Waals surface area contributed by atoms with E-state index in [1.165, 1.54) is 0 Å². The van der Waals surface area contributed by atoms with Gasteiger partial charge in [-0.2, -0.15) is 0 Å². The van der Waals surface area contributed by atoms with Gasteiger partial charge in [0.05, 0.1) is 7.11 Å². The van der Waals surface area contributed by atoms with Gasteiger partial charge in [0, 0.05) is 12.3 Å². The molecule has 0 aliphatic rings. The van der Waals surface area contributed by atoms with E-state index in [0.29, 0.717) is 12.2 Å². The SMILES string of the molecule is CCCCCC(=O)C(CCCC)c1ccc(OC)cc1. The molecule has 2 heteroatoms. The van der Waals surface area contributed by atoms with E-state index < -0.39 is 0 Å². The highest BCUT2D eigenvalue weighted by Gasteiger charge is 2.19. The van der Waals surface area contributed by atoms with Gasteiger partial charge in [0.15, 0.2) is 0 Å². The van der Waals surface area contributed by atoms with Gasteiger partial charge in [-0.3, -0.25) is 4.79 Å². The second-order valence-electron chi connectivity index (χ2n) is 5.39. The van der Waals surface area contributed by atoms with E-state index in [0.717, 1.165) is 49.8 Å². The largest absolute Gasteiger partial charge is 0.497 e. The molecule has 0 fully saturated rings. The second-order valence-corrected chi connectivity index (χ2v) is 5.39. The molecule has 0 N–H and O–H groups in total. The molecule has 0 aromatic heterocycles. The van der Waals surface area contributed by atoms with E-state index in [2.05, 4.69) is 13.8 Å². The van der Waals surface area contributed by atoms with Crippen LogP contribution in [0.2, 0.25) is 0 Å². The fourth-order valence-corrected chi connectivity index (χ4v) is 2.48. The van der Waals surface area contributed by atoms with Crippen LogP contribution in [0, 0.1) is 0 Å². The standard InChI is InChI=1S/C18H28O2/c1-4-6-8-10-18(19)17(9-7-5-2)15-11-13-16(20-3)14-12-15/h11-14,17H,4-10H2,1-3H3. The molecule has 0 amide bonds. The van der Waals surface area contributed by atoms with Crippen molar-refractivity contribution < 1.29 is 9.53 Å². The molecule has 1 atom stereocenters. The molecule has 0 aliphatic heterocycles. The third-order valence-corrected chi connectivity index (χ3v) is 3.78. The molecule has 0 radical (unpaired) electrons. The Kier molecular flexibility index (Phi) is 8.01. The number of unbranched alkanes of at least 4 members (excludes halogenated alkanes) is 3. The maximum Gasteiger partial charge on any atom is 0.140 e. The number of carbonyl (C=O) groups excluding carboxylic acids is 1. The number of hydrogen-bond acceptors (Lipinski definition) is 2. The van der Waals surface area contributed by atoms with Gasteiger partial charge in [-0.05, 0) is 30.5 Å². The number of hydrogen-bond donors (Lipinski definition) is 0. The zero-order valence-electron chi connectivity index (χ0n) is 13.2. The van der Waals surface area contributed by atoms with Crippen LogP contribution < -0.4 is 4.74 Å². The number of rotatable bonds is 10. The Bertz CT molecular complexity index is 381. The lowest BCUT2D eigenvalue weighted by Gasteiger charge is -2.16. The average Bonchev–Trinajstić information content (AvgIpc) is 2.48. The molecule has 0 saturated carbocycles. The third kappa shape index (κ3) is 5.36.